The van der Waals surface area contributed by atoms with E-state index in [0.717, 1.165) is 6.07 Å². The van der Waals surface area contributed by atoms with Crippen LogP contribution in [-0.2, 0) is 0 Å². The molecular formula is C15H13F2NO2. The molecule has 0 aliphatic rings. The Morgan fingerprint density at radius 3 is 2.35 bits per heavy atom. The van der Waals surface area contributed by atoms with Gasteiger partial charge in [0.15, 0.2) is 0 Å². The second kappa shape index (κ2) is 5.69. The summed E-state index contributed by atoms with van der Waals surface area (Å²) in [6.45, 7) is 1.97. The number of nitrogens with zero attached hydrogens (tertiary/aromatic N) is 1. The van der Waals surface area contributed by atoms with Gasteiger partial charge in [-0.2, -0.15) is 0 Å². The highest BCUT2D eigenvalue weighted by Gasteiger charge is 2.22. The molecule has 0 aliphatic carbocycles. The van der Waals surface area contributed by atoms with E-state index in [1.165, 1.54) is 41.3 Å². The van der Waals surface area contributed by atoms with E-state index in [4.69, 9.17) is 0 Å². The maximum atomic E-state index is 13.7. The minimum atomic E-state index is -0.796. The molecule has 2 aromatic rings. The largest absolute Gasteiger partial charge is 0.507 e. The first kappa shape index (κ1) is 14.0. The Balaban J connectivity index is 2.42. The highest BCUT2D eigenvalue weighted by atomic mass is 19.1. The molecule has 0 atom stereocenters. The first-order valence-corrected chi connectivity index (χ1v) is 6.09. The van der Waals surface area contributed by atoms with Crippen molar-refractivity contribution in [3.8, 4) is 5.75 Å². The Labute approximate surface area is 115 Å². The second-order valence-corrected chi connectivity index (χ2v) is 4.16. The van der Waals surface area contributed by atoms with Crippen LogP contribution < -0.4 is 4.90 Å². The van der Waals surface area contributed by atoms with Crippen molar-refractivity contribution >= 4 is 11.6 Å². The lowest BCUT2D eigenvalue weighted by Gasteiger charge is -2.21. The first-order chi connectivity index (χ1) is 9.54. The number of hydrogen-bond donors (Lipinski definition) is 1. The number of benzene rings is 2. The number of amides is 1. The van der Waals surface area contributed by atoms with Crippen LogP contribution in [-0.4, -0.2) is 17.6 Å². The predicted molar refractivity (Wildman–Crippen MR) is 71.8 cm³/mol. The summed E-state index contributed by atoms with van der Waals surface area (Å²) < 4.78 is 26.6. The molecule has 2 rings (SSSR count). The number of carbonyl (C=O) groups is 1. The molecule has 3 nitrogen and oxygen atoms in total. The second-order valence-electron chi connectivity index (χ2n) is 4.16. The molecule has 0 unspecified atom stereocenters. The zero-order valence-corrected chi connectivity index (χ0v) is 10.8. The normalized spacial score (nSPS) is 10.3. The van der Waals surface area contributed by atoms with E-state index in [1.54, 1.807) is 6.92 Å². The van der Waals surface area contributed by atoms with Crippen LogP contribution in [0.3, 0.4) is 0 Å². The quantitative estimate of drug-likeness (QED) is 0.934. The van der Waals surface area contributed by atoms with Crippen molar-refractivity contribution in [2.75, 3.05) is 11.4 Å². The maximum Gasteiger partial charge on any atom is 0.265 e. The van der Waals surface area contributed by atoms with Gasteiger partial charge in [0.25, 0.3) is 5.91 Å². The lowest BCUT2D eigenvalue weighted by Crippen LogP contribution is -2.31. The Morgan fingerprint density at radius 2 is 1.80 bits per heavy atom. The standard InChI is InChI=1S/C15H13F2NO2/c1-2-18(11-8-6-10(16)7-9-11)15(20)14-12(17)4-3-5-13(14)19/h3-9,19H,2H2,1H3. The molecule has 0 aliphatic heterocycles. The van der Waals surface area contributed by atoms with Gasteiger partial charge < -0.3 is 10.0 Å². The summed E-state index contributed by atoms with van der Waals surface area (Å²) in [5.74, 6) is -2.31. The van der Waals surface area contributed by atoms with Gasteiger partial charge in [0.05, 0.1) is 0 Å². The number of halogens is 2. The highest BCUT2D eigenvalue weighted by molar-refractivity contribution is 6.07. The average molecular weight is 277 g/mol. The van der Waals surface area contributed by atoms with E-state index in [9.17, 15) is 18.7 Å². The Bertz CT molecular complexity index is 606. The third kappa shape index (κ3) is 2.61. The van der Waals surface area contributed by atoms with Crippen LogP contribution in [0.1, 0.15) is 17.3 Å². The summed E-state index contributed by atoms with van der Waals surface area (Å²) in [5, 5.41) is 9.65. The molecular weight excluding hydrogens is 264 g/mol. The van der Waals surface area contributed by atoms with Crippen molar-refractivity contribution in [3.05, 3.63) is 59.7 Å². The molecule has 0 aromatic heterocycles. The zero-order valence-electron chi connectivity index (χ0n) is 10.8. The molecule has 20 heavy (non-hydrogen) atoms. The molecule has 5 heteroatoms. The van der Waals surface area contributed by atoms with Crippen LogP contribution in [0.4, 0.5) is 14.5 Å². The number of anilines is 1. The number of aromatic hydroxyl groups is 1. The minimum Gasteiger partial charge on any atom is -0.507 e. The fourth-order valence-corrected chi connectivity index (χ4v) is 1.92. The molecule has 0 saturated heterocycles. The number of carbonyl (C=O) groups excluding carboxylic acids is 1. The van der Waals surface area contributed by atoms with Gasteiger partial charge >= 0.3 is 0 Å². The number of phenolic OH excluding ortho intramolecular Hbond substituents is 1. The first-order valence-electron chi connectivity index (χ1n) is 6.09. The average Bonchev–Trinajstić information content (AvgIpc) is 2.41. The molecule has 1 N–H and O–H groups in total. The molecule has 0 spiro atoms. The van der Waals surface area contributed by atoms with Gasteiger partial charge in [-0.3, -0.25) is 4.79 Å². The Kier molecular flexibility index (Phi) is 3.98. The van der Waals surface area contributed by atoms with Gasteiger partial charge in [0.2, 0.25) is 0 Å². The number of rotatable bonds is 3. The van der Waals surface area contributed by atoms with Crippen molar-refractivity contribution in [3.63, 3.8) is 0 Å². The Morgan fingerprint density at radius 1 is 1.15 bits per heavy atom. The van der Waals surface area contributed by atoms with Crippen molar-refractivity contribution in [2.24, 2.45) is 0 Å². The monoisotopic (exact) mass is 277 g/mol. The molecule has 0 heterocycles. The Hall–Kier alpha value is -2.43. The van der Waals surface area contributed by atoms with E-state index >= 15 is 0 Å². The van der Waals surface area contributed by atoms with Crippen LogP contribution in [0.25, 0.3) is 0 Å². The van der Waals surface area contributed by atoms with Crippen molar-refractivity contribution in [1.82, 2.24) is 0 Å². The molecule has 0 fully saturated rings. The third-order valence-corrected chi connectivity index (χ3v) is 2.91. The number of hydrogen-bond acceptors (Lipinski definition) is 2. The number of phenols is 1. The van der Waals surface area contributed by atoms with Gasteiger partial charge in [-0.1, -0.05) is 6.07 Å². The van der Waals surface area contributed by atoms with Crippen molar-refractivity contribution < 1.29 is 18.7 Å². The van der Waals surface area contributed by atoms with Crippen molar-refractivity contribution in [1.29, 1.82) is 0 Å². The lowest BCUT2D eigenvalue weighted by atomic mass is 10.1. The fourth-order valence-electron chi connectivity index (χ4n) is 1.92. The van der Waals surface area contributed by atoms with Crippen molar-refractivity contribution in [2.45, 2.75) is 6.92 Å². The van der Waals surface area contributed by atoms with E-state index in [-0.39, 0.29) is 6.54 Å². The fraction of sp³-hybridized carbons (Fsp3) is 0.133. The van der Waals surface area contributed by atoms with Crippen LogP contribution in [0.5, 0.6) is 5.75 Å². The predicted octanol–water partition coefficient (Wildman–Crippen LogP) is 3.34. The SMILES string of the molecule is CCN(C(=O)c1c(O)cccc1F)c1ccc(F)cc1. The highest BCUT2D eigenvalue weighted by Crippen LogP contribution is 2.24. The van der Waals surface area contributed by atoms with Gasteiger partial charge in [0, 0.05) is 12.2 Å². The van der Waals surface area contributed by atoms with Gasteiger partial charge in [-0.05, 0) is 43.3 Å². The third-order valence-electron chi connectivity index (χ3n) is 2.91. The lowest BCUT2D eigenvalue weighted by molar-refractivity contribution is 0.0981. The summed E-state index contributed by atoms with van der Waals surface area (Å²) in [6, 6.07) is 8.94. The van der Waals surface area contributed by atoms with Gasteiger partial charge in [-0.15, -0.1) is 0 Å². The molecule has 2 aromatic carbocycles. The smallest absolute Gasteiger partial charge is 0.265 e. The summed E-state index contributed by atoms with van der Waals surface area (Å²) in [7, 11) is 0. The molecule has 1 amide bonds. The topological polar surface area (TPSA) is 40.5 Å². The van der Waals surface area contributed by atoms with Gasteiger partial charge in [0.1, 0.15) is 22.9 Å². The summed E-state index contributed by atoms with van der Waals surface area (Å²) >= 11 is 0. The van der Waals surface area contributed by atoms with E-state index in [0.29, 0.717) is 5.69 Å². The summed E-state index contributed by atoms with van der Waals surface area (Å²) in [5.41, 5.74) is 0.0419. The maximum absolute atomic E-state index is 13.7. The van der Waals surface area contributed by atoms with Crippen LogP contribution in [0.15, 0.2) is 42.5 Å². The zero-order chi connectivity index (χ0) is 14.7. The van der Waals surface area contributed by atoms with E-state index < -0.39 is 28.9 Å². The van der Waals surface area contributed by atoms with Crippen LogP contribution >= 0.6 is 0 Å². The molecule has 0 saturated carbocycles. The molecule has 0 bridgehead atoms. The van der Waals surface area contributed by atoms with E-state index in [1.807, 2.05) is 0 Å². The van der Waals surface area contributed by atoms with Crippen LogP contribution in [0.2, 0.25) is 0 Å². The molecule has 0 radical (unpaired) electrons. The van der Waals surface area contributed by atoms with Gasteiger partial charge in [-0.25, -0.2) is 8.78 Å². The minimum absolute atomic E-state index is 0.262. The van der Waals surface area contributed by atoms with Crippen LogP contribution in [0, 0.1) is 11.6 Å². The summed E-state index contributed by atoms with van der Waals surface area (Å²) in [6.07, 6.45) is 0. The molecule has 104 valence electrons. The van der Waals surface area contributed by atoms with E-state index in [2.05, 4.69) is 0 Å². The summed E-state index contributed by atoms with van der Waals surface area (Å²) in [4.78, 5) is 13.6.